The maximum Gasteiger partial charge on any atom is 0.0590 e. The minimum absolute atomic E-state index is 0.999. The predicted molar refractivity (Wildman–Crippen MR) is 64.0 cm³/mol. The zero-order valence-electron chi connectivity index (χ0n) is 8.10. The van der Waals surface area contributed by atoms with Crippen molar-refractivity contribution >= 4 is 23.2 Å². The lowest BCUT2D eigenvalue weighted by atomic mass is 10.2. The first-order valence-electron chi connectivity index (χ1n) is 4.68. The van der Waals surface area contributed by atoms with Crippen LogP contribution in [0.3, 0.4) is 0 Å². The Bertz CT molecular complexity index is 363. The molecule has 0 bridgehead atoms. The quantitative estimate of drug-likeness (QED) is 0.627. The van der Waals surface area contributed by atoms with Crippen LogP contribution < -0.4 is 9.95 Å². The fourth-order valence-electron chi connectivity index (χ4n) is 1.40. The van der Waals surface area contributed by atoms with Gasteiger partial charge in [0.2, 0.25) is 0 Å². The first kappa shape index (κ1) is 10.0. The highest BCUT2D eigenvalue weighted by Gasteiger charge is 2.05. The standard InChI is InChI=1S/C12H11ClN2/c13-14-15(11-7-3-1-4-8-11)12-9-5-2-6-10-12/h1-10,14H. The van der Waals surface area contributed by atoms with Gasteiger partial charge in [-0.2, -0.15) is 0 Å². The van der Waals surface area contributed by atoms with Crippen molar-refractivity contribution in [3.63, 3.8) is 0 Å². The normalized spacial score (nSPS) is 9.93. The van der Waals surface area contributed by atoms with Gasteiger partial charge in [0, 0.05) is 0 Å². The van der Waals surface area contributed by atoms with Crippen LogP contribution in [0.25, 0.3) is 0 Å². The summed E-state index contributed by atoms with van der Waals surface area (Å²) in [5.74, 6) is 0. The summed E-state index contributed by atoms with van der Waals surface area (Å²) in [4.78, 5) is 2.64. The molecule has 2 aromatic rings. The lowest BCUT2D eigenvalue weighted by Gasteiger charge is -2.21. The van der Waals surface area contributed by atoms with Crippen molar-refractivity contribution in [1.29, 1.82) is 0 Å². The number of hydrazine groups is 1. The second-order valence-corrected chi connectivity index (χ2v) is 3.26. The van der Waals surface area contributed by atoms with Crippen LogP contribution >= 0.6 is 11.8 Å². The number of para-hydroxylation sites is 2. The molecule has 3 heteroatoms. The maximum absolute atomic E-state index is 5.71. The summed E-state index contributed by atoms with van der Waals surface area (Å²) in [6.07, 6.45) is 0. The van der Waals surface area contributed by atoms with Crippen molar-refractivity contribution < 1.29 is 0 Å². The van der Waals surface area contributed by atoms with Crippen molar-refractivity contribution in [2.24, 2.45) is 0 Å². The summed E-state index contributed by atoms with van der Waals surface area (Å²) in [6, 6.07) is 19.8. The van der Waals surface area contributed by atoms with Crippen LogP contribution in [-0.2, 0) is 0 Å². The molecule has 0 aromatic heterocycles. The van der Waals surface area contributed by atoms with Crippen LogP contribution in [0.15, 0.2) is 60.7 Å². The third-order valence-corrected chi connectivity index (χ3v) is 2.28. The average Bonchev–Trinajstić information content (AvgIpc) is 2.33. The topological polar surface area (TPSA) is 15.3 Å². The van der Waals surface area contributed by atoms with Gasteiger partial charge in [-0.15, -0.1) is 4.94 Å². The third-order valence-electron chi connectivity index (χ3n) is 2.11. The number of nitrogens with one attached hydrogen (secondary N) is 1. The van der Waals surface area contributed by atoms with Gasteiger partial charge < -0.3 is 0 Å². The number of hydrogen-bond donors (Lipinski definition) is 1. The molecule has 0 aliphatic carbocycles. The SMILES string of the molecule is ClNN(c1ccccc1)c1ccccc1. The zero-order chi connectivity index (χ0) is 10.5. The Kier molecular flexibility index (Phi) is 3.22. The molecular formula is C12H11ClN2. The van der Waals surface area contributed by atoms with Gasteiger partial charge in [0.25, 0.3) is 0 Å². The zero-order valence-corrected chi connectivity index (χ0v) is 8.85. The van der Waals surface area contributed by atoms with Crippen molar-refractivity contribution in [2.45, 2.75) is 0 Å². The molecule has 0 heterocycles. The first-order valence-corrected chi connectivity index (χ1v) is 5.06. The van der Waals surface area contributed by atoms with E-state index in [1.54, 1.807) is 0 Å². The van der Waals surface area contributed by atoms with E-state index >= 15 is 0 Å². The summed E-state index contributed by atoms with van der Waals surface area (Å²) >= 11 is 5.71. The fraction of sp³-hybridized carbons (Fsp3) is 0. The first-order chi connectivity index (χ1) is 7.42. The fourth-order valence-corrected chi connectivity index (χ4v) is 1.60. The third kappa shape index (κ3) is 2.29. The number of benzene rings is 2. The molecule has 15 heavy (non-hydrogen) atoms. The number of nitrogens with zero attached hydrogens (tertiary/aromatic N) is 1. The van der Waals surface area contributed by atoms with E-state index in [1.165, 1.54) is 0 Å². The Hall–Kier alpha value is -1.51. The molecule has 2 nitrogen and oxygen atoms in total. The Morgan fingerprint density at radius 1 is 0.733 bits per heavy atom. The summed E-state index contributed by atoms with van der Waals surface area (Å²) in [5.41, 5.74) is 2.00. The number of rotatable bonds is 3. The molecule has 2 aromatic carbocycles. The van der Waals surface area contributed by atoms with E-state index in [2.05, 4.69) is 4.94 Å². The van der Waals surface area contributed by atoms with Crippen LogP contribution in [0.1, 0.15) is 0 Å². The van der Waals surface area contributed by atoms with Crippen molar-refractivity contribution in [2.75, 3.05) is 5.01 Å². The molecule has 0 saturated carbocycles. The van der Waals surface area contributed by atoms with Gasteiger partial charge in [0.15, 0.2) is 0 Å². The van der Waals surface area contributed by atoms with Crippen LogP contribution in [0.5, 0.6) is 0 Å². The van der Waals surface area contributed by atoms with Crippen molar-refractivity contribution in [3.8, 4) is 0 Å². The molecule has 0 spiro atoms. The Labute approximate surface area is 94.2 Å². The molecule has 0 amide bonds. The Morgan fingerprint density at radius 2 is 1.13 bits per heavy atom. The number of hydrogen-bond acceptors (Lipinski definition) is 2. The van der Waals surface area contributed by atoms with Crippen LogP contribution in [-0.4, -0.2) is 0 Å². The maximum atomic E-state index is 5.71. The van der Waals surface area contributed by atoms with Gasteiger partial charge in [-0.3, -0.25) is 5.01 Å². The van der Waals surface area contributed by atoms with Gasteiger partial charge in [0.1, 0.15) is 0 Å². The van der Waals surface area contributed by atoms with E-state index in [0.29, 0.717) is 0 Å². The number of anilines is 2. The molecule has 76 valence electrons. The molecule has 2 rings (SSSR count). The second-order valence-electron chi connectivity index (χ2n) is 3.09. The van der Waals surface area contributed by atoms with Gasteiger partial charge >= 0.3 is 0 Å². The summed E-state index contributed by atoms with van der Waals surface area (Å²) in [6.45, 7) is 0. The average molecular weight is 219 g/mol. The highest BCUT2D eigenvalue weighted by atomic mass is 35.5. The molecule has 0 fully saturated rings. The van der Waals surface area contributed by atoms with Crippen molar-refractivity contribution in [1.82, 2.24) is 4.94 Å². The largest absolute Gasteiger partial charge is 0.263 e. The van der Waals surface area contributed by atoms with Gasteiger partial charge in [0.05, 0.1) is 11.4 Å². The predicted octanol–water partition coefficient (Wildman–Crippen LogP) is 3.48. The monoisotopic (exact) mass is 218 g/mol. The molecular weight excluding hydrogens is 208 g/mol. The lowest BCUT2D eigenvalue weighted by molar-refractivity contribution is 0.981. The highest BCUT2D eigenvalue weighted by molar-refractivity contribution is 6.14. The van der Waals surface area contributed by atoms with Crippen molar-refractivity contribution in [3.05, 3.63) is 60.7 Å². The smallest absolute Gasteiger partial charge is 0.0590 e. The summed E-state index contributed by atoms with van der Waals surface area (Å²) in [7, 11) is 0. The van der Waals surface area contributed by atoms with E-state index < -0.39 is 0 Å². The van der Waals surface area contributed by atoms with Gasteiger partial charge in [-0.1, -0.05) is 36.4 Å². The van der Waals surface area contributed by atoms with E-state index in [9.17, 15) is 0 Å². The van der Waals surface area contributed by atoms with E-state index in [1.807, 2.05) is 65.7 Å². The Balaban J connectivity index is 2.34. The molecule has 0 radical (unpaired) electrons. The number of halogens is 1. The minimum atomic E-state index is 0.999. The van der Waals surface area contributed by atoms with Gasteiger partial charge in [-0.25, -0.2) is 0 Å². The molecule has 1 N–H and O–H groups in total. The van der Waals surface area contributed by atoms with Crippen LogP contribution in [0, 0.1) is 0 Å². The Morgan fingerprint density at radius 3 is 1.47 bits per heavy atom. The van der Waals surface area contributed by atoms with Crippen LogP contribution in [0.2, 0.25) is 0 Å². The highest BCUT2D eigenvalue weighted by Crippen LogP contribution is 2.22. The van der Waals surface area contributed by atoms with E-state index in [0.717, 1.165) is 11.4 Å². The second kappa shape index (κ2) is 4.82. The van der Waals surface area contributed by atoms with E-state index in [-0.39, 0.29) is 0 Å². The molecule has 0 aliphatic heterocycles. The molecule has 0 unspecified atom stereocenters. The van der Waals surface area contributed by atoms with E-state index in [4.69, 9.17) is 11.8 Å². The molecule has 0 aliphatic rings. The molecule has 0 saturated heterocycles. The summed E-state index contributed by atoms with van der Waals surface area (Å²) < 4.78 is 0. The minimum Gasteiger partial charge on any atom is -0.263 e. The van der Waals surface area contributed by atoms with Crippen LogP contribution in [0.4, 0.5) is 11.4 Å². The molecule has 0 atom stereocenters. The van der Waals surface area contributed by atoms with Gasteiger partial charge in [-0.05, 0) is 36.0 Å². The lowest BCUT2D eigenvalue weighted by Crippen LogP contribution is -2.25. The summed E-state index contributed by atoms with van der Waals surface area (Å²) in [5, 5.41) is 1.81.